The molecule has 174 valence electrons. The van der Waals surface area contributed by atoms with Crippen LogP contribution in [0.4, 0.5) is 20.4 Å². The predicted octanol–water partition coefficient (Wildman–Crippen LogP) is 4.68. The Kier molecular flexibility index (Phi) is 6.78. The summed E-state index contributed by atoms with van der Waals surface area (Å²) in [5, 5.41) is 2.95. The van der Waals surface area contributed by atoms with Gasteiger partial charge in [-0.25, -0.2) is 27.2 Å². The van der Waals surface area contributed by atoms with Gasteiger partial charge in [-0.05, 0) is 35.9 Å². The second-order valence-corrected chi connectivity index (χ2v) is 9.72. The Hall–Kier alpha value is -3.92. The van der Waals surface area contributed by atoms with E-state index >= 15 is 0 Å². The molecule has 0 amide bonds. The zero-order valence-electron chi connectivity index (χ0n) is 18.1. The lowest BCUT2D eigenvalue weighted by molar-refractivity contribution is 0.305. The molecule has 4 rings (SSSR count). The number of aromatic nitrogens is 3. The van der Waals surface area contributed by atoms with Gasteiger partial charge in [-0.2, -0.15) is 0 Å². The molecule has 34 heavy (non-hydrogen) atoms. The van der Waals surface area contributed by atoms with E-state index in [2.05, 4.69) is 20.3 Å². The average Bonchev–Trinajstić information content (AvgIpc) is 2.79. The van der Waals surface area contributed by atoms with Crippen LogP contribution < -0.4 is 10.1 Å². The second kappa shape index (κ2) is 9.92. The summed E-state index contributed by atoms with van der Waals surface area (Å²) in [7, 11) is -3.21. The van der Waals surface area contributed by atoms with Crippen LogP contribution in [0.15, 0.2) is 73.2 Å². The van der Waals surface area contributed by atoms with Crippen molar-refractivity contribution >= 4 is 21.5 Å². The van der Waals surface area contributed by atoms with Gasteiger partial charge in [0.25, 0.3) is 0 Å². The molecule has 0 aliphatic rings. The number of hydrogen-bond donors (Lipinski definition) is 1. The zero-order chi connectivity index (χ0) is 24.1. The van der Waals surface area contributed by atoms with Gasteiger partial charge in [-0.3, -0.25) is 4.98 Å². The third kappa shape index (κ3) is 6.10. The van der Waals surface area contributed by atoms with Crippen molar-refractivity contribution in [1.82, 2.24) is 15.0 Å². The Morgan fingerprint density at radius 3 is 2.59 bits per heavy atom. The van der Waals surface area contributed by atoms with Crippen LogP contribution in [0.5, 0.6) is 5.75 Å². The van der Waals surface area contributed by atoms with Gasteiger partial charge in [-0.15, -0.1) is 0 Å². The first-order valence-electron chi connectivity index (χ1n) is 10.1. The maximum atomic E-state index is 14.7. The number of hydrogen-bond acceptors (Lipinski definition) is 7. The van der Waals surface area contributed by atoms with E-state index in [9.17, 15) is 17.2 Å². The molecule has 4 aromatic rings. The van der Waals surface area contributed by atoms with E-state index in [-0.39, 0.29) is 35.3 Å². The molecular formula is C24H20F2N4O3S. The Morgan fingerprint density at radius 1 is 1.00 bits per heavy atom. The monoisotopic (exact) mass is 482 g/mol. The van der Waals surface area contributed by atoms with Crippen molar-refractivity contribution in [3.8, 4) is 17.0 Å². The number of rotatable bonds is 8. The van der Waals surface area contributed by atoms with E-state index in [0.29, 0.717) is 11.3 Å². The highest BCUT2D eigenvalue weighted by molar-refractivity contribution is 7.89. The summed E-state index contributed by atoms with van der Waals surface area (Å²) in [5.41, 5.74) is 2.05. The fourth-order valence-corrected chi connectivity index (χ4v) is 4.03. The SMILES string of the molecule is CS(=O)(=O)Cc1cccc(Nc2ncc(F)c(-c3ccc(F)cc3OCc3cccnc3)n2)c1. The summed E-state index contributed by atoms with van der Waals surface area (Å²) in [6.45, 7) is 0.106. The van der Waals surface area contributed by atoms with Gasteiger partial charge in [0.15, 0.2) is 15.7 Å². The van der Waals surface area contributed by atoms with Crippen LogP contribution >= 0.6 is 0 Å². The van der Waals surface area contributed by atoms with Gasteiger partial charge in [-0.1, -0.05) is 18.2 Å². The maximum absolute atomic E-state index is 14.7. The molecule has 1 N–H and O–H groups in total. The Labute approximate surface area is 195 Å². The van der Waals surface area contributed by atoms with Crippen molar-refractivity contribution in [2.45, 2.75) is 12.4 Å². The molecule has 0 unspecified atom stereocenters. The van der Waals surface area contributed by atoms with E-state index in [1.807, 2.05) is 0 Å². The van der Waals surface area contributed by atoms with Crippen molar-refractivity contribution in [1.29, 1.82) is 0 Å². The van der Waals surface area contributed by atoms with Crippen LogP contribution in [0.25, 0.3) is 11.3 Å². The smallest absolute Gasteiger partial charge is 0.227 e. The summed E-state index contributed by atoms with van der Waals surface area (Å²) in [6, 6.07) is 14.0. The van der Waals surface area contributed by atoms with Crippen LogP contribution in [0.1, 0.15) is 11.1 Å². The molecule has 2 heterocycles. The number of pyridine rings is 1. The average molecular weight is 483 g/mol. The zero-order valence-corrected chi connectivity index (χ0v) is 18.9. The lowest BCUT2D eigenvalue weighted by Gasteiger charge is -2.13. The molecule has 7 nitrogen and oxygen atoms in total. The van der Waals surface area contributed by atoms with Gasteiger partial charge in [0.2, 0.25) is 5.95 Å². The van der Waals surface area contributed by atoms with Crippen LogP contribution in [-0.2, 0) is 22.2 Å². The predicted molar refractivity (Wildman–Crippen MR) is 124 cm³/mol. The minimum Gasteiger partial charge on any atom is -0.488 e. The Morgan fingerprint density at radius 2 is 1.82 bits per heavy atom. The standard InChI is InChI=1S/C24H20F2N4O3S/c1-34(31,32)15-16-4-2-6-19(10-16)29-24-28-13-21(26)23(30-24)20-8-7-18(25)11-22(20)33-14-17-5-3-9-27-12-17/h2-13H,14-15H2,1H3,(H,28,29,30). The molecule has 0 aliphatic heterocycles. The molecule has 0 bridgehead atoms. The van der Waals surface area contributed by atoms with Crippen molar-refractivity contribution in [2.24, 2.45) is 0 Å². The normalized spacial score (nSPS) is 11.3. The first-order chi connectivity index (χ1) is 16.3. The van der Waals surface area contributed by atoms with E-state index in [4.69, 9.17) is 4.74 Å². The third-order valence-corrected chi connectivity index (χ3v) is 5.53. The Balaban J connectivity index is 1.62. The van der Waals surface area contributed by atoms with Crippen LogP contribution in [0.2, 0.25) is 0 Å². The largest absolute Gasteiger partial charge is 0.488 e. The van der Waals surface area contributed by atoms with Crippen molar-refractivity contribution in [3.05, 3.63) is 95.9 Å². The number of ether oxygens (including phenoxy) is 1. The summed E-state index contributed by atoms with van der Waals surface area (Å²) in [6.07, 6.45) is 5.39. The number of anilines is 2. The Bertz CT molecular complexity index is 1420. The van der Waals surface area contributed by atoms with Crippen LogP contribution in [0, 0.1) is 11.6 Å². The minimum absolute atomic E-state index is 0.0778. The van der Waals surface area contributed by atoms with Gasteiger partial charge in [0.05, 0.1) is 11.9 Å². The number of nitrogens with one attached hydrogen (secondary N) is 1. The van der Waals surface area contributed by atoms with E-state index in [1.165, 1.54) is 12.1 Å². The first kappa shape index (κ1) is 23.2. The number of benzene rings is 2. The quantitative estimate of drug-likeness (QED) is 0.390. The van der Waals surface area contributed by atoms with Crippen LogP contribution in [-0.4, -0.2) is 29.6 Å². The molecule has 0 saturated heterocycles. The molecule has 0 spiro atoms. The number of halogens is 2. The highest BCUT2D eigenvalue weighted by Gasteiger charge is 2.16. The molecule has 0 aliphatic carbocycles. The van der Waals surface area contributed by atoms with Gasteiger partial charge < -0.3 is 10.1 Å². The topological polar surface area (TPSA) is 94.1 Å². The first-order valence-corrected chi connectivity index (χ1v) is 12.2. The van der Waals surface area contributed by atoms with Crippen molar-refractivity contribution in [3.63, 3.8) is 0 Å². The molecule has 0 radical (unpaired) electrons. The van der Waals surface area contributed by atoms with Gasteiger partial charge in [0, 0.05) is 41.5 Å². The molecule has 2 aromatic carbocycles. The summed E-state index contributed by atoms with van der Waals surface area (Å²) >= 11 is 0. The number of nitrogens with zero attached hydrogens (tertiary/aromatic N) is 3. The second-order valence-electron chi connectivity index (χ2n) is 7.58. The van der Waals surface area contributed by atoms with Gasteiger partial charge in [0.1, 0.15) is 23.9 Å². The van der Waals surface area contributed by atoms with E-state index < -0.39 is 21.5 Å². The number of sulfone groups is 1. The minimum atomic E-state index is -3.21. The molecule has 0 saturated carbocycles. The lowest BCUT2D eigenvalue weighted by Crippen LogP contribution is -2.04. The van der Waals surface area contributed by atoms with Crippen molar-refractivity contribution < 1.29 is 21.9 Å². The summed E-state index contributed by atoms with van der Waals surface area (Å²) < 4.78 is 57.6. The third-order valence-electron chi connectivity index (χ3n) is 4.67. The van der Waals surface area contributed by atoms with Gasteiger partial charge >= 0.3 is 0 Å². The molecular weight excluding hydrogens is 462 g/mol. The van der Waals surface area contributed by atoms with Crippen molar-refractivity contribution in [2.75, 3.05) is 11.6 Å². The lowest BCUT2D eigenvalue weighted by atomic mass is 10.1. The molecule has 10 heteroatoms. The fraction of sp³-hybridized carbons (Fsp3) is 0.125. The van der Waals surface area contributed by atoms with E-state index in [1.54, 1.807) is 48.8 Å². The molecule has 0 fully saturated rings. The van der Waals surface area contributed by atoms with E-state index in [0.717, 1.165) is 24.1 Å². The summed E-state index contributed by atoms with van der Waals surface area (Å²) in [4.78, 5) is 12.2. The maximum Gasteiger partial charge on any atom is 0.227 e. The molecule has 2 aromatic heterocycles. The summed E-state index contributed by atoms with van der Waals surface area (Å²) in [5.74, 6) is -1.18. The van der Waals surface area contributed by atoms with Crippen LogP contribution in [0.3, 0.4) is 0 Å². The highest BCUT2D eigenvalue weighted by atomic mass is 32.2. The molecule has 0 atom stereocenters. The highest BCUT2D eigenvalue weighted by Crippen LogP contribution is 2.32. The fourth-order valence-electron chi connectivity index (χ4n) is 3.24.